The molecule has 2 amide bonds. The number of hydrogen-bond acceptors (Lipinski definition) is 4. The van der Waals surface area contributed by atoms with E-state index in [2.05, 4.69) is 10.6 Å². The number of nitrogens with two attached hydrogens (primary N) is 1. The number of allylic oxidation sites excluding steroid dienone is 1. The number of benzene rings is 2. The molecule has 1 aliphatic rings. The summed E-state index contributed by atoms with van der Waals surface area (Å²) in [6.07, 6.45) is 3.49. The van der Waals surface area contributed by atoms with Gasteiger partial charge in [-0.05, 0) is 41.1 Å². The van der Waals surface area contributed by atoms with Crippen LogP contribution in [0.4, 0.5) is 0 Å². The first-order valence-corrected chi connectivity index (χ1v) is 7.47. The molecule has 24 heavy (non-hydrogen) atoms. The molecule has 0 radical (unpaired) electrons. The van der Waals surface area contributed by atoms with Gasteiger partial charge in [-0.1, -0.05) is 12.1 Å². The van der Waals surface area contributed by atoms with Gasteiger partial charge in [-0.3, -0.25) is 9.59 Å². The highest BCUT2D eigenvalue weighted by Crippen LogP contribution is 2.25. The summed E-state index contributed by atoms with van der Waals surface area (Å²) in [6, 6.07) is 10.8. The molecule has 0 unspecified atom stereocenters. The van der Waals surface area contributed by atoms with Crippen molar-refractivity contribution < 1.29 is 14.3 Å². The van der Waals surface area contributed by atoms with Gasteiger partial charge in [0.2, 0.25) is 5.91 Å². The van der Waals surface area contributed by atoms with Crippen LogP contribution in [0.2, 0.25) is 0 Å². The van der Waals surface area contributed by atoms with Crippen LogP contribution in [-0.4, -0.2) is 25.4 Å². The number of nitrogens with one attached hydrogen (secondary N) is 2. The number of primary amides is 1. The lowest BCUT2D eigenvalue weighted by Crippen LogP contribution is -2.31. The number of fused-ring (bicyclic) bond motifs is 1. The van der Waals surface area contributed by atoms with E-state index in [9.17, 15) is 9.59 Å². The molecular formula is C18H17N3O3. The highest BCUT2D eigenvalue weighted by molar-refractivity contribution is 6.06. The maximum Gasteiger partial charge on any atom is 0.267 e. The largest absolute Gasteiger partial charge is 0.458 e. The van der Waals surface area contributed by atoms with E-state index in [1.54, 1.807) is 37.4 Å². The summed E-state index contributed by atoms with van der Waals surface area (Å²) in [5, 5.41) is 7.17. The van der Waals surface area contributed by atoms with Gasteiger partial charge in [0, 0.05) is 25.2 Å². The first kappa shape index (κ1) is 15.6. The summed E-state index contributed by atoms with van der Waals surface area (Å²) in [4.78, 5) is 23.1. The predicted octanol–water partition coefficient (Wildman–Crippen LogP) is 1.43. The fraction of sp³-hybridized carbons (Fsp3) is 0.111. The van der Waals surface area contributed by atoms with Crippen molar-refractivity contribution in [1.82, 2.24) is 10.6 Å². The SMILES string of the molecule is CNC(=O)C1=CC(Oc2ccc3c(C(N)=O)cccc3c2)=CCN1. The molecule has 2 aromatic carbocycles. The number of carbonyl (C=O) groups is 2. The van der Waals surface area contributed by atoms with Gasteiger partial charge in [0.05, 0.1) is 0 Å². The Labute approximate surface area is 139 Å². The van der Waals surface area contributed by atoms with E-state index in [1.807, 2.05) is 18.2 Å². The van der Waals surface area contributed by atoms with Crippen LogP contribution in [0.1, 0.15) is 10.4 Å². The second-order valence-corrected chi connectivity index (χ2v) is 5.28. The fourth-order valence-electron chi connectivity index (χ4n) is 2.54. The van der Waals surface area contributed by atoms with Crippen LogP contribution in [0, 0.1) is 0 Å². The summed E-state index contributed by atoms with van der Waals surface area (Å²) in [7, 11) is 1.57. The van der Waals surface area contributed by atoms with Crippen LogP contribution in [0.5, 0.6) is 5.75 Å². The first-order valence-electron chi connectivity index (χ1n) is 7.47. The van der Waals surface area contributed by atoms with Crippen LogP contribution in [0.25, 0.3) is 10.8 Å². The van der Waals surface area contributed by atoms with Crippen LogP contribution in [0.15, 0.2) is 60.0 Å². The zero-order valence-electron chi connectivity index (χ0n) is 13.1. The number of amides is 2. The molecule has 0 fully saturated rings. The zero-order valence-corrected chi connectivity index (χ0v) is 13.1. The maximum absolute atomic E-state index is 11.7. The average molecular weight is 323 g/mol. The molecule has 2 aromatic rings. The minimum absolute atomic E-state index is 0.200. The average Bonchev–Trinajstić information content (AvgIpc) is 2.60. The molecule has 4 N–H and O–H groups in total. The maximum atomic E-state index is 11.7. The summed E-state index contributed by atoms with van der Waals surface area (Å²) in [5.74, 6) is 0.532. The molecular weight excluding hydrogens is 306 g/mol. The lowest BCUT2D eigenvalue weighted by atomic mass is 10.0. The normalized spacial score (nSPS) is 13.5. The van der Waals surface area contributed by atoms with E-state index in [4.69, 9.17) is 10.5 Å². The van der Waals surface area contributed by atoms with Crippen molar-refractivity contribution in [2.75, 3.05) is 13.6 Å². The minimum Gasteiger partial charge on any atom is -0.458 e. The Balaban J connectivity index is 1.89. The van der Waals surface area contributed by atoms with Gasteiger partial charge < -0.3 is 21.1 Å². The van der Waals surface area contributed by atoms with Gasteiger partial charge >= 0.3 is 0 Å². The van der Waals surface area contributed by atoms with Gasteiger partial charge in [-0.15, -0.1) is 0 Å². The van der Waals surface area contributed by atoms with Crippen molar-refractivity contribution in [3.05, 3.63) is 65.6 Å². The fourth-order valence-corrected chi connectivity index (χ4v) is 2.54. The molecule has 1 aliphatic heterocycles. The Morgan fingerprint density at radius 1 is 1.25 bits per heavy atom. The molecule has 6 heteroatoms. The molecule has 1 heterocycles. The molecule has 0 aliphatic carbocycles. The van der Waals surface area contributed by atoms with Crippen LogP contribution in [0.3, 0.4) is 0 Å². The molecule has 0 aromatic heterocycles. The van der Waals surface area contributed by atoms with Crippen LogP contribution in [-0.2, 0) is 4.79 Å². The summed E-state index contributed by atoms with van der Waals surface area (Å²) in [6.45, 7) is 0.508. The predicted molar refractivity (Wildman–Crippen MR) is 91.3 cm³/mol. The summed E-state index contributed by atoms with van der Waals surface area (Å²) < 4.78 is 5.84. The van der Waals surface area contributed by atoms with Crippen molar-refractivity contribution in [2.24, 2.45) is 5.73 Å². The second-order valence-electron chi connectivity index (χ2n) is 5.28. The third-order valence-corrected chi connectivity index (χ3v) is 3.71. The lowest BCUT2D eigenvalue weighted by molar-refractivity contribution is -0.117. The molecule has 122 valence electrons. The Morgan fingerprint density at radius 2 is 2.08 bits per heavy atom. The summed E-state index contributed by atoms with van der Waals surface area (Å²) in [5.41, 5.74) is 6.32. The third kappa shape index (κ3) is 3.08. The van der Waals surface area contributed by atoms with E-state index in [0.29, 0.717) is 29.3 Å². The number of ether oxygens (including phenoxy) is 1. The number of carbonyl (C=O) groups excluding carboxylic acids is 2. The third-order valence-electron chi connectivity index (χ3n) is 3.71. The van der Waals surface area contributed by atoms with Crippen molar-refractivity contribution in [2.45, 2.75) is 0 Å². The Hall–Kier alpha value is -3.28. The molecule has 3 rings (SSSR count). The number of rotatable bonds is 4. The van der Waals surface area contributed by atoms with Gasteiger partial charge in [0.1, 0.15) is 17.2 Å². The van der Waals surface area contributed by atoms with Gasteiger partial charge in [0.25, 0.3) is 5.91 Å². The topological polar surface area (TPSA) is 93.4 Å². The Kier molecular flexibility index (Phi) is 4.20. The molecule has 0 atom stereocenters. The van der Waals surface area contributed by atoms with E-state index in [0.717, 1.165) is 10.8 Å². The minimum atomic E-state index is -0.464. The number of likely N-dealkylation sites (N-methyl/N-ethyl adjacent to an activating group) is 1. The first-order chi connectivity index (χ1) is 11.6. The highest BCUT2D eigenvalue weighted by Gasteiger charge is 2.13. The standard InChI is InChI=1S/C18H17N3O3/c1-20-18(23)16-10-13(7-8-21-16)24-12-5-6-14-11(9-12)3-2-4-15(14)17(19)22/h2-7,9-10,21H,8H2,1H3,(H2,19,22)(H,20,23). The van der Waals surface area contributed by atoms with Crippen molar-refractivity contribution in [1.29, 1.82) is 0 Å². The lowest BCUT2D eigenvalue weighted by Gasteiger charge is -2.16. The highest BCUT2D eigenvalue weighted by atomic mass is 16.5. The van der Waals surface area contributed by atoms with Gasteiger partial charge in [0.15, 0.2) is 0 Å². The molecule has 0 saturated carbocycles. The zero-order chi connectivity index (χ0) is 17.1. The van der Waals surface area contributed by atoms with Crippen LogP contribution >= 0.6 is 0 Å². The van der Waals surface area contributed by atoms with Gasteiger partial charge in [-0.2, -0.15) is 0 Å². The molecule has 6 nitrogen and oxygen atoms in total. The van der Waals surface area contributed by atoms with Crippen molar-refractivity contribution >= 4 is 22.6 Å². The molecule has 0 spiro atoms. The van der Waals surface area contributed by atoms with E-state index in [1.165, 1.54) is 0 Å². The summed E-state index contributed by atoms with van der Waals surface area (Å²) >= 11 is 0. The van der Waals surface area contributed by atoms with Crippen molar-refractivity contribution in [3.63, 3.8) is 0 Å². The number of dihydropyridines is 1. The smallest absolute Gasteiger partial charge is 0.267 e. The molecule has 0 saturated heterocycles. The Morgan fingerprint density at radius 3 is 2.83 bits per heavy atom. The van der Waals surface area contributed by atoms with E-state index in [-0.39, 0.29) is 5.91 Å². The quantitative estimate of drug-likeness (QED) is 0.793. The number of hydrogen-bond donors (Lipinski definition) is 3. The van der Waals surface area contributed by atoms with Gasteiger partial charge in [-0.25, -0.2) is 0 Å². The van der Waals surface area contributed by atoms with E-state index < -0.39 is 5.91 Å². The van der Waals surface area contributed by atoms with Crippen molar-refractivity contribution in [3.8, 4) is 5.75 Å². The Bertz CT molecular complexity index is 884. The monoisotopic (exact) mass is 323 g/mol. The molecule has 0 bridgehead atoms. The second kappa shape index (κ2) is 6.45. The van der Waals surface area contributed by atoms with Crippen LogP contribution < -0.4 is 21.1 Å². The van der Waals surface area contributed by atoms with E-state index >= 15 is 0 Å².